The molecule has 3 rings (SSSR count). The monoisotopic (exact) mass is 219 g/mol. The third-order valence-electron chi connectivity index (χ3n) is 3.88. The first kappa shape index (κ1) is 9.87. The highest BCUT2D eigenvalue weighted by molar-refractivity contribution is 5.92. The number of rotatable bonds is 3. The number of hydrogen-bond donors (Lipinski definition) is 2. The van der Waals surface area contributed by atoms with Crippen LogP contribution < -0.4 is 5.32 Å². The Morgan fingerprint density at radius 2 is 2.25 bits per heavy atom. The standard InChI is InChI=1S/C12H17N3O/c1-2-10-6-11(15-14-10)13-12(16)9-4-7-3-8(7)5-9/h6-9H,2-5H2,1H3,(H2,13,14,15,16). The summed E-state index contributed by atoms with van der Waals surface area (Å²) in [6.07, 6.45) is 4.44. The fraction of sp³-hybridized carbons (Fsp3) is 0.667. The van der Waals surface area contributed by atoms with Gasteiger partial charge in [0, 0.05) is 17.7 Å². The van der Waals surface area contributed by atoms with Crippen LogP contribution in [0.1, 0.15) is 31.9 Å². The van der Waals surface area contributed by atoms with Crippen molar-refractivity contribution in [3.63, 3.8) is 0 Å². The Balaban J connectivity index is 1.59. The molecule has 2 aliphatic carbocycles. The number of aryl methyl sites for hydroxylation is 1. The van der Waals surface area contributed by atoms with Crippen molar-refractivity contribution in [3.05, 3.63) is 11.8 Å². The molecule has 4 nitrogen and oxygen atoms in total. The largest absolute Gasteiger partial charge is 0.309 e. The average molecular weight is 219 g/mol. The Bertz CT molecular complexity index is 402. The molecule has 0 bridgehead atoms. The Labute approximate surface area is 94.8 Å². The summed E-state index contributed by atoms with van der Waals surface area (Å²) in [5, 5.41) is 9.87. The van der Waals surface area contributed by atoms with Crippen LogP contribution in [-0.4, -0.2) is 16.1 Å². The van der Waals surface area contributed by atoms with Gasteiger partial charge >= 0.3 is 0 Å². The maximum atomic E-state index is 11.9. The minimum absolute atomic E-state index is 0.154. The fourth-order valence-electron chi connectivity index (χ4n) is 2.76. The van der Waals surface area contributed by atoms with E-state index in [4.69, 9.17) is 0 Å². The van der Waals surface area contributed by atoms with Crippen molar-refractivity contribution in [3.8, 4) is 0 Å². The highest BCUT2D eigenvalue weighted by Gasteiger charge is 2.48. The lowest BCUT2D eigenvalue weighted by Crippen LogP contribution is -2.21. The minimum atomic E-state index is 0.154. The number of aromatic amines is 1. The number of nitrogens with one attached hydrogen (secondary N) is 2. The summed E-state index contributed by atoms with van der Waals surface area (Å²) in [6, 6.07) is 1.91. The van der Waals surface area contributed by atoms with Crippen LogP contribution in [0.25, 0.3) is 0 Å². The van der Waals surface area contributed by atoms with E-state index in [0.717, 1.165) is 36.8 Å². The molecule has 1 aromatic heterocycles. The van der Waals surface area contributed by atoms with Gasteiger partial charge in [-0.25, -0.2) is 0 Å². The molecule has 2 fully saturated rings. The lowest BCUT2D eigenvalue weighted by atomic mass is 10.0. The van der Waals surface area contributed by atoms with E-state index in [2.05, 4.69) is 22.4 Å². The van der Waals surface area contributed by atoms with E-state index < -0.39 is 0 Å². The van der Waals surface area contributed by atoms with Crippen molar-refractivity contribution in [1.82, 2.24) is 10.2 Å². The predicted molar refractivity (Wildman–Crippen MR) is 60.9 cm³/mol. The summed E-state index contributed by atoms with van der Waals surface area (Å²) in [5.74, 6) is 2.75. The molecule has 1 aromatic rings. The van der Waals surface area contributed by atoms with Gasteiger partial charge in [-0.15, -0.1) is 0 Å². The number of hydrogen-bond acceptors (Lipinski definition) is 2. The minimum Gasteiger partial charge on any atom is -0.309 e. The zero-order valence-electron chi connectivity index (χ0n) is 9.49. The normalized spacial score (nSPS) is 31.2. The molecule has 0 spiro atoms. The van der Waals surface area contributed by atoms with Gasteiger partial charge < -0.3 is 5.32 Å². The molecule has 2 aliphatic rings. The van der Waals surface area contributed by atoms with Crippen LogP contribution in [-0.2, 0) is 11.2 Å². The van der Waals surface area contributed by atoms with Gasteiger partial charge in [0.1, 0.15) is 0 Å². The highest BCUT2D eigenvalue weighted by Crippen LogP contribution is 2.54. The predicted octanol–water partition coefficient (Wildman–Crippen LogP) is 1.96. The fourth-order valence-corrected chi connectivity index (χ4v) is 2.76. The van der Waals surface area contributed by atoms with E-state index in [-0.39, 0.29) is 11.8 Å². The smallest absolute Gasteiger partial charge is 0.228 e. The van der Waals surface area contributed by atoms with Crippen LogP contribution in [0, 0.1) is 17.8 Å². The van der Waals surface area contributed by atoms with Gasteiger partial charge in [-0.2, -0.15) is 5.10 Å². The van der Waals surface area contributed by atoms with Crippen LogP contribution in [0.5, 0.6) is 0 Å². The van der Waals surface area contributed by atoms with Crippen LogP contribution in [0.2, 0.25) is 0 Å². The lowest BCUT2D eigenvalue weighted by Gasteiger charge is -2.10. The van der Waals surface area contributed by atoms with Gasteiger partial charge in [0.05, 0.1) is 0 Å². The molecule has 86 valence electrons. The molecular formula is C12H17N3O. The second kappa shape index (κ2) is 3.61. The topological polar surface area (TPSA) is 57.8 Å². The van der Waals surface area contributed by atoms with E-state index in [0.29, 0.717) is 5.82 Å². The summed E-state index contributed by atoms with van der Waals surface area (Å²) in [6.45, 7) is 2.06. The van der Waals surface area contributed by atoms with Gasteiger partial charge in [0.15, 0.2) is 5.82 Å². The second-order valence-electron chi connectivity index (χ2n) is 5.05. The average Bonchev–Trinajstić information content (AvgIpc) is 2.74. The van der Waals surface area contributed by atoms with Gasteiger partial charge in [-0.3, -0.25) is 9.89 Å². The summed E-state index contributed by atoms with van der Waals surface area (Å²) >= 11 is 0. The zero-order valence-corrected chi connectivity index (χ0v) is 9.49. The van der Waals surface area contributed by atoms with Crippen molar-refractivity contribution in [1.29, 1.82) is 0 Å². The van der Waals surface area contributed by atoms with Gasteiger partial charge in [0.25, 0.3) is 0 Å². The van der Waals surface area contributed by atoms with Crippen LogP contribution >= 0.6 is 0 Å². The first-order valence-electron chi connectivity index (χ1n) is 6.11. The number of nitrogens with zero attached hydrogens (tertiary/aromatic N) is 1. The third-order valence-corrected chi connectivity index (χ3v) is 3.88. The number of amides is 1. The molecular weight excluding hydrogens is 202 g/mol. The van der Waals surface area contributed by atoms with E-state index in [1.807, 2.05) is 6.07 Å². The number of aromatic nitrogens is 2. The van der Waals surface area contributed by atoms with Gasteiger partial charge in [-0.05, 0) is 37.5 Å². The number of carbonyl (C=O) groups is 1. The second-order valence-corrected chi connectivity index (χ2v) is 5.05. The van der Waals surface area contributed by atoms with Crippen LogP contribution in [0.15, 0.2) is 6.07 Å². The molecule has 1 amide bonds. The number of H-pyrrole nitrogens is 1. The summed E-state index contributed by atoms with van der Waals surface area (Å²) in [7, 11) is 0. The maximum absolute atomic E-state index is 11.9. The van der Waals surface area contributed by atoms with Crippen molar-refractivity contribution >= 4 is 11.7 Å². The van der Waals surface area contributed by atoms with E-state index >= 15 is 0 Å². The Morgan fingerprint density at radius 1 is 1.50 bits per heavy atom. The molecule has 0 aromatic carbocycles. The SMILES string of the molecule is CCc1cc(NC(=O)C2CC3CC3C2)n[nH]1. The Hall–Kier alpha value is -1.32. The van der Waals surface area contributed by atoms with Crippen molar-refractivity contribution in [2.75, 3.05) is 5.32 Å². The molecule has 2 saturated carbocycles. The number of fused-ring (bicyclic) bond motifs is 1. The zero-order chi connectivity index (χ0) is 11.1. The van der Waals surface area contributed by atoms with Gasteiger partial charge in [0.2, 0.25) is 5.91 Å². The molecule has 2 unspecified atom stereocenters. The number of anilines is 1. The summed E-state index contributed by atoms with van der Waals surface area (Å²) < 4.78 is 0. The van der Waals surface area contributed by atoms with Crippen LogP contribution in [0.3, 0.4) is 0 Å². The molecule has 2 N–H and O–H groups in total. The lowest BCUT2D eigenvalue weighted by molar-refractivity contribution is -0.120. The quantitative estimate of drug-likeness (QED) is 0.816. The molecule has 0 radical (unpaired) electrons. The summed E-state index contributed by atoms with van der Waals surface area (Å²) in [5.41, 5.74) is 1.06. The van der Waals surface area contributed by atoms with Crippen LogP contribution in [0.4, 0.5) is 5.82 Å². The highest BCUT2D eigenvalue weighted by atomic mass is 16.2. The maximum Gasteiger partial charge on any atom is 0.228 e. The Morgan fingerprint density at radius 3 is 2.88 bits per heavy atom. The van der Waals surface area contributed by atoms with Gasteiger partial charge in [-0.1, -0.05) is 6.92 Å². The van der Waals surface area contributed by atoms with Crippen molar-refractivity contribution < 1.29 is 4.79 Å². The molecule has 16 heavy (non-hydrogen) atoms. The van der Waals surface area contributed by atoms with Crippen molar-refractivity contribution in [2.45, 2.75) is 32.6 Å². The first-order chi connectivity index (χ1) is 7.76. The molecule has 0 aliphatic heterocycles. The summed E-state index contributed by atoms with van der Waals surface area (Å²) in [4.78, 5) is 11.9. The van der Waals surface area contributed by atoms with E-state index in [1.54, 1.807) is 0 Å². The molecule has 1 heterocycles. The molecule has 0 saturated heterocycles. The number of carbonyl (C=O) groups excluding carboxylic acids is 1. The molecule has 2 atom stereocenters. The van der Waals surface area contributed by atoms with Crippen molar-refractivity contribution in [2.24, 2.45) is 17.8 Å². The molecule has 4 heteroatoms. The first-order valence-corrected chi connectivity index (χ1v) is 6.11. The van der Waals surface area contributed by atoms with E-state index in [9.17, 15) is 4.79 Å². The Kier molecular flexibility index (Phi) is 2.23. The van der Waals surface area contributed by atoms with E-state index in [1.165, 1.54) is 6.42 Å². The third kappa shape index (κ3) is 1.72.